The fraction of sp³-hybridized carbons (Fsp3) is 0.571. The smallest absolute Gasteiger partial charge is 0.223 e. The van der Waals surface area contributed by atoms with Crippen LogP contribution < -0.4 is 5.73 Å². The summed E-state index contributed by atoms with van der Waals surface area (Å²) in [5.74, 6) is -1.34. The first-order valence-electron chi connectivity index (χ1n) is 3.32. The van der Waals surface area contributed by atoms with Gasteiger partial charge in [-0.3, -0.25) is 4.79 Å². The van der Waals surface area contributed by atoms with Crippen LogP contribution in [-0.4, -0.2) is 28.8 Å². The van der Waals surface area contributed by atoms with Gasteiger partial charge in [-0.1, -0.05) is 6.08 Å². The molecule has 2 unspecified atom stereocenters. The van der Waals surface area contributed by atoms with Crippen molar-refractivity contribution in [1.29, 1.82) is 0 Å². The summed E-state index contributed by atoms with van der Waals surface area (Å²) in [6.45, 7) is 2.94. The van der Waals surface area contributed by atoms with Crippen LogP contribution in [0, 0.1) is 5.92 Å². The molecule has 1 amide bonds. The molecule has 11 heavy (non-hydrogen) atoms. The van der Waals surface area contributed by atoms with Crippen LogP contribution in [0.2, 0.25) is 0 Å². The maximum atomic E-state index is 10.6. The summed E-state index contributed by atoms with van der Waals surface area (Å²) in [5.41, 5.74) is 4.94. The van der Waals surface area contributed by atoms with Crippen molar-refractivity contribution in [3.63, 3.8) is 0 Å². The van der Waals surface area contributed by atoms with E-state index in [0.29, 0.717) is 0 Å². The van der Waals surface area contributed by atoms with E-state index in [2.05, 4.69) is 6.58 Å². The number of nitrogens with two attached hydrogens (primary N) is 1. The van der Waals surface area contributed by atoms with Crippen molar-refractivity contribution in [2.75, 3.05) is 6.61 Å². The molecule has 0 bridgehead atoms. The minimum Gasteiger partial charge on any atom is -0.394 e. The van der Waals surface area contributed by atoms with Gasteiger partial charge in [0.15, 0.2) is 0 Å². The Balaban J connectivity index is 4.08. The van der Waals surface area contributed by atoms with E-state index in [0.717, 1.165) is 0 Å². The normalized spacial score (nSPS) is 15.5. The third-order valence-electron chi connectivity index (χ3n) is 1.44. The van der Waals surface area contributed by atoms with Gasteiger partial charge < -0.3 is 15.9 Å². The molecule has 0 fully saturated rings. The number of rotatable bonds is 5. The van der Waals surface area contributed by atoms with Crippen LogP contribution in [0.25, 0.3) is 0 Å². The van der Waals surface area contributed by atoms with Crippen LogP contribution in [0.5, 0.6) is 0 Å². The Kier molecular flexibility index (Phi) is 4.49. The third kappa shape index (κ3) is 3.15. The summed E-state index contributed by atoms with van der Waals surface area (Å²) < 4.78 is 0. The molecule has 4 heteroatoms. The average molecular weight is 159 g/mol. The maximum absolute atomic E-state index is 10.6. The van der Waals surface area contributed by atoms with Crippen molar-refractivity contribution < 1.29 is 15.0 Å². The summed E-state index contributed by atoms with van der Waals surface area (Å²) in [4.78, 5) is 10.6. The van der Waals surface area contributed by atoms with E-state index in [-0.39, 0.29) is 6.42 Å². The quantitative estimate of drug-likeness (QED) is 0.451. The van der Waals surface area contributed by atoms with Gasteiger partial charge >= 0.3 is 0 Å². The number of hydrogen-bond acceptors (Lipinski definition) is 3. The number of carbonyl (C=O) groups is 1. The lowest BCUT2D eigenvalue weighted by Crippen LogP contribution is -2.35. The van der Waals surface area contributed by atoms with Gasteiger partial charge in [0.25, 0.3) is 0 Å². The predicted molar refractivity (Wildman–Crippen MR) is 40.6 cm³/mol. The molecule has 0 aliphatic heterocycles. The van der Waals surface area contributed by atoms with Gasteiger partial charge in [-0.15, -0.1) is 6.58 Å². The molecule has 2 atom stereocenters. The van der Waals surface area contributed by atoms with Gasteiger partial charge in [0.05, 0.1) is 18.6 Å². The monoisotopic (exact) mass is 159 g/mol. The highest BCUT2D eigenvalue weighted by Crippen LogP contribution is 2.08. The first-order valence-corrected chi connectivity index (χ1v) is 3.32. The van der Waals surface area contributed by atoms with Crippen molar-refractivity contribution >= 4 is 5.91 Å². The maximum Gasteiger partial charge on any atom is 0.223 e. The lowest BCUT2D eigenvalue weighted by molar-refractivity contribution is -0.126. The predicted octanol–water partition coefficient (Wildman–Crippen LogP) is -0.983. The molecule has 0 aromatic rings. The van der Waals surface area contributed by atoms with Crippen LogP contribution in [0.3, 0.4) is 0 Å². The van der Waals surface area contributed by atoms with Crippen LogP contribution >= 0.6 is 0 Å². The number of amides is 1. The minimum absolute atomic E-state index is 0.289. The molecule has 0 spiro atoms. The Labute approximate surface area is 65.3 Å². The van der Waals surface area contributed by atoms with E-state index in [4.69, 9.17) is 15.9 Å². The minimum atomic E-state index is -1.08. The summed E-state index contributed by atoms with van der Waals surface area (Å²) in [6, 6.07) is 0. The van der Waals surface area contributed by atoms with Crippen LogP contribution in [0.15, 0.2) is 12.7 Å². The van der Waals surface area contributed by atoms with E-state index in [9.17, 15) is 4.79 Å². The molecule has 0 aromatic carbocycles. The van der Waals surface area contributed by atoms with Crippen molar-refractivity contribution in [3.05, 3.63) is 12.7 Å². The first-order chi connectivity index (χ1) is 5.13. The average Bonchev–Trinajstić information content (AvgIpc) is 1.98. The van der Waals surface area contributed by atoms with E-state index >= 15 is 0 Å². The Morgan fingerprint density at radius 3 is 2.55 bits per heavy atom. The van der Waals surface area contributed by atoms with Gasteiger partial charge in [0, 0.05) is 0 Å². The second-order valence-corrected chi connectivity index (χ2v) is 2.28. The zero-order valence-electron chi connectivity index (χ0n) is 6.23. The highest BCUT2D eigenvalue weighted by molar-refractivity contribution is 5.77. The van der Waals surface area contributed by atoms with Crippen molar-refractivity contribution in [2.24, 2.45) is 11.7 Å². The molecule has 0 aliphatic rings. The Bertz CT molecular complexity index is 147. The number of allylic oxidation sites excluding steroid dienone is 1. The summed E-state index contributed by atoms with van der Waals surface area (Å²) in [6.07, 6.45) is 0.691. The third-order valence-corrected chi connectivity index (χ3v) is 1.44. The van der Waals surface area contributed by atoms with Crippen LogP contribution in [0.4, 0.5) is 0 Å². The second kappa shape index (κ2) is 4.87. The van der Waals surface area contributed by atoms with Crippen molar-refractivity contribution in [2.45, 2.75) is 12.5 Å². The molecule has 4 nitrogen and oxygen atoms in total. The Morgan fingerprint density at radius 2 is 2.27 bits per heavy atom. The van der Waals surface area contributed by atoms with Gasteiger partial charge in [-0.05, 0) is 6.42 Å². The summed E-state index contributed by atoms with van der Waals surface area (Å²) in [5, 5.41) is 17.5. The van der Waals surface area contributed by atoms with Crippen LogP contribution in [0.1, 0.15) is 6.42 Å². The molecule has 0 saturated carbocycles. The lowest BCUT2D eigenvalue weighted by atomic mass is 9.98. The van der Waals surface area contributed by atoms with E-state index in [1.165, 1.54) is 6.08 Å². The number of primary amides is 1. The molecule has 0 aromatic heterocycles. The Morgan fingerprint density at radius 1 is 1.73 bits per heavy atom. The molecule has 0 heterocycles. The van der Waals surface area contributed by atoms with Crippen LogP contribution in [-0.2, 0) is 4.79 Å². The van der Waals surface area contributed by atoms with E-state index < -0.39 is 24.5 Å². The SMILES string of the molecule is C=CCC(C(N)=O)C(O)CO. The molecule has 4 N–H and O–H groups in total. The standard InChI is InChI=1S/C7H13NO3/c1-2-3-5(7(8)11)6(10)4-9/h2,5-6,9-10H,1,3-4H2,(H2,8,11). The number of carbonyl (C=O) groups excluding carboxylic acids is 1. The largest absolute Gasteiger partial charge is 0.394 e. The van der Waals surface area contributed by atoms with E-state index in [1.54, 1.807) is 0 Å². The highest BCUT2D eigenvalue weighted by atomic mass is 16.3. The number of aliphatic hydroxyl groups is 2. The molecular weight excluding hydrogens is 146 g/mol. The zero-order valence-corrected chi connectivity index (χ0v) is 6.23. The molecule has 0 aliphatic carbocycles. The molecular formula is C7H13NO3. The van der Waals surface area contributed by atoms with Gasteiger partial charge in [0.2, 0.25) is 5.91 Å². The van der Waals surface area contributed by atoms with Crippen molar-refractivity contribution in [3.8, 4) is 0 Å². The number of hydrogen-bond donors (Lipinski definition) is 3. The molecule has 0 radical (unpaired) electrons. The first kappa shape index (κ1) is 10.1. The second-order valence-electron chi connectivity index (χ2n) is 2.28. The van der Waals surface area contributed by atoms with Gasteiger partial charge in [-0.25, -0.2) is 0 Å². The van der Waals surface area contributed by atoms with Crippen molar-refractivity contribution in [1.82, 2.24) is 0 Å². The van der Waals surface area contributed by atoms with Gasteiger partial charge in [0.1, 0.15) is 0 Å². The molecule has 64 valence electrons. The van der Waals surface area contributed by atoms with Gasteiger partial charge in [-0.2, -0.15) is 0 Å². The fourth-order valence-corrected chi connectivity index (χ4v) is 0.770. The highest BCUT2D eigenvalue weighted by Gasteiger charge is 2.22. The van der Waals surface area contributed by atoms with E-state index in [1.807, 2.05) is 0 Å². The topological polar surface area (TPSA) is 83.6 Å². The summed E-state index contributed by atoms with van der Waals surface area (Å²) >= 11 is 0. The Hall–Kier alpha value is -0.870. The zero-order chi connectivity index (χ0) is 8.85. The fourth-order valence-electron chi connectivity index (χ4n) is 0.770. The number of aliphatic hydroxyl groups excluding tert-OH is 2. The summed E-state index contributed by atoms with van der Waals surface area (Å²) in [7, 11) is 0. The molecule has 0 saturated heterocycles. The lowest BCUT2D eigenvalue weighted by Gasteiger charge is -2.15. The molecule has 0 rings (SSSR count).